The van der Waals surface area contributed by atoms with Gasteiger partial charge in [-0.05, 0) is 35.4 Å². The van der Waals surface area contributed by atoms with Gasteiger partial charge in [-0.2, -0.15) is 50.6 Å². The first kappa shape index (κ1) is 36.8. The van der Waals surface area contributed by atoms with Crippen LogP contribution in [0.25, 0.3) is 43.8 Å². The molecule has 6 aromatic carbocycles. The van der Waals surface area contributed by atoms with E-state index in [4.69, 9.17) is 6.58 Å². The van der Waals surface area contributed by atoms with Crippen LogP contribution >= 0.6 is 0 Å². The number of alkyl halides is 6. The van der Waals surface area contributed by atoms with Gasteiger partial charge in [-0.3, -0.25) is 5.57 Å². The Morgan fingerprint density at radius 3 is 1.20 bits per heavy atom. The third kappa shape index (κ3) is 8.97. The summed E-state index contributed by atoms with van der Waals surface area (Å²) in [5.41, 5.74) is 3.47. The minimum Gasteiger partial charge on any atom is -0.514 e. The standard InChI is InChI=1S/2C16H10F3.C6H9.CH3.Hf/c2*17-16(18,19)13-9-7-12(8-10-13)15-6-2-4-11-3-1-5-14(11)15;1-6-4-2-3-5-6;;/h2*1-10H;1H,2-5H2;1H3;/q4*-1;+4. The average Bonchev–Trinajstić information content (AvgIpc) is 3.79. The summed E-state index contributed by atoms with van der Waals surface area (Å²) >= 11 is 0. The van der Waals surface area contributed by atoms with Crippen molar-refractivity contribution in [3.05, 3.63) is 152 Å². The summed E-state index contributed by atoms with van der Waals surface area (Å²) in [5, 5.41) is 4.30. The largest absolute Gasteiger partial charge is 4.00 e. The first-order valence-electron chi connectivity index (χ1n) is 14.2. The fraction of sp³-hybridized carbons (Fsp3) is 0.154. The monoisotopic (exact) mass is 794 g/mol. The molecule has 0 saturated heterocycles. The van der Waals surface area contributed by atoms with Crippen molar-refractivity contribution in [2.24, 2.45) is 0 Å². The predicted molar refractivity (Wildman–Crippen MR) is 173 cm³/mol. The molecule has 1 aliphatic carbocycles. The number of rotatable bonds is 2. The Balaban J connectivity index is 0.000000205. The smallest absolute Gasteiger partial charge is 0.514 e. The molecule has 7 rings (SSSR count). The number of halogens is 6. The summed E-state index contributed by atoms with van der Waals surface area (Å²) < 4.78 is 75.2. The number of benzene rings is 4. The zero-order chi connectivity index (χ0) is 31.3. The Morgan fingerprint density at radius 1 is 0.522 bits per heavy atom. The summed E-state index contributed by atoms with van der Waals surface area (Å²) in [5.74, 6) is 0. The molecule has 0 aliphatic heterocycles. The summed E-state index contributed by atoms with van der Waals surface area (Å²) in [7, 11) is 0. The minimum atomic E-state index is -4.29. The van der Waals surface area contributed by atoms with Crippen LogP contribution < -0.4 is 0 Å². The van der Waals surface area contributed by atoms with Crippen molar-refractivity contribution in [1.29, 1.82) is 0 Å². The molecule has 1 fully saturated rings. The van der Waals surface area contributed by atoms with Crippen molar-refractivity contribution in [3.8, 4) is 22.3 Å². The first-order valence-corrected chi connectivity index (χ1v) is 14.2. The molecule has 0 radical (unpaired) electrons. The van der Waals surface area contributed by atoms with Crippen LogP contribution in [-0.4, -0.2) is 0 Å². The minimum absolute atomic E-state index is 0. The number of allylic oxidation sites excluding steroid dienone is 1. The molecular formula is C39H32F6Hf. The maximum Gasteiger partial charge on any atom is 4.00 e. The van der Waals surface area contributed by atoms with Crippen molar-refractivity contribution < 1.29 is 52.2 Å². The van der Waals surface area contributed by atoms with E-state index < -0.39 is 23.5 Å². The first-order chi connectivity index (χ1) is 21.0. The van der Waals surface area contributed by atoms with Gasteiger partial charge >= 0.3 is 38.2 Å². The maximum atomic E-state index is 12.5. The van der Waals surface area contributed by atoms with Gasteiger partial charge in [-0.1, -0.05) is 73.2 Å². The maximum absolute atomic E-state index is 12.5. The molecule has 0 heterocycles. The van der Waals surface area contributed by atoms with E-state index in [1.165, 1.54) is 55.5 Å². The van der Waals surface area contributed by atoms with E-state index in [9.17, 15) is 26.3 Å². The quantitative estimate of drug-likeness (QED) is 0.0931. The molecule has 6 aromatic rings. The van der Waals surface area contributed by atoms with Gasteiger partial charge < -0.3 is 14.0 Å². The number of hydrogen-bond donors (Lipinski definition) is 0. The van der Waals surface area contributed by atoms with Crippen LogP contribution in [0.4, 0.5) is 26.3 Å². The third-order valence-corrected chi connectivity index (χ3v) is 7.65. The SMILES string of the molecule is FC(F)(F)c1ccc(-c2cccc3[cH-]ccc23)cc1.FC(F)(F)c1ccc(-c2cccc3[cH-]ccc23)cc1.[CH-]=C1CCCC1.[CH3-].[Hf+4]. The van der Waals surface area contributed by atoms with E-state index in [1.54, 1.807) is 0 Å². The Labute approximate surface area is 284 Å². The van der Waals surface area contributed by atoms with Gasteiger partial charge in [0.1, 0.15) is 0 Å². The second-order valence-corrected chi connectivity index (χ2v) is 10.7. The summed E-state index contributed by atoms with van der Waals surface area (Å²) in [6.45, 7) is 5.45. The van der Waals surface area contributed by atoms with Crippen molar-refractivity contribution in [2.45, 2.75) is 38.0 Å². The Hall–Kier alpha value is -3.71. The molecule has 0 N–H and O–H groups in total. The Kier molecular flexibility index (Phi) is 12.6. The molecule has 1 aliphatic rings. The molecule has 0 bridgehead atoms. The average molecular weight is 793 g/mol. The van der Waals surface area contributed by atoms with Gasteiger partial charge in [0.15, 0.2) is 0 Å². The van der Waals surface area contributed by atoms with E-state index in [0.717, 1.165) is 68.1 Å². The molecule has 234 valence electrons. The molecule has 1 saturated carbocycles. The van der Waals surface area contributed by atoms with E-state index in [0.29, 0.717) is 0 Å². The second-order valence-electron chi connectivity index (χ2n) is 10.7. The molecule has 0 unspecified atom stereocenters. The molecule has 0 aromatic heterocycles. The van der Waals surface area contributed by atoms with Crippen molar-refractivity contribution in [3.63, 3.8) is 0 Å². The molecule has 0 nitrogen and oxygen atoms in total. The van der Waals surface area contributed by atoms with E-state index in [1.807, 2.05) is 72.8 Å². The van der Waals surface area contributed by atoms with E-state index in [2.05, 4.69) is 0 Å². The molecule has 7 heteroatoms. The van der Waals surface area contributed by atoms with Crippen molar-refractivity contribution >= 4 is 21.5 Å². The Bertz CT molecular complexity index is 1700. The van der Waals surface area contributed by atoms with Crippen LogP contribution in [0.3, 0.4) is 0 Å². The van der Waals surface area contributed by atoms with Crippen LogP contribution in [0.1, 0.15) is 36.8 Å². The normalized spacial score (nSPS) is 12.8. The van der Waals surface area contributed by atoms with Crippen LogP contribution in [0, 0.1) is 14.0 Å². The summed E-state index contributed by atoms with van der Waals surface area (Å²) in [6, 6.07) is 34.0. The fourth-order valence-electron chi connectivity index (χ4n) is 5.33. The number of fused-ring (bicyclic) bond motifs is 2. The van der Waals surface area contributed by atoms with Gasteiger partial charge in [0.25, 0.3) is 0 Å². The molecule has 0 atom stereocenters. The van der Waals surface area contributed by atoms with Crippen molar-refractivity contribution in [2.75, 3.05) is 0 Å². The van der Waals surface area contributed by atoms with Crippen molar-refractivity contribution in [1.82, 2.24) is 0 Å². The third-order valence-electron chi connectivity index (χ3n) is 7.65. The van der Waals surface area contributed by atoms with Crippen LogP contribution in [0.5, 0.6) is 0 Å². The Morgan fingerprint density at radius 2 is 0.891 bits per heavy atom. The van der Waals surface area contributed by atoms with E-state index >= 15 is 0 Å². The molecule has 0 spiro atoms. The predicted octanol–water partition coefficient (Wildman–Crippen LogP) is 12.9. The zero-order valence-corrected chi connectivity index (χ0v) is 28.8. The summed E-state index contributed by atoms with van der Waals surface area (Å²) in [6.07, 6.45) is -3.56. The molecule has 0 amide bonds. The van der Waals surface area contributed by atoms with Gasteiger partial charge in [0.2, 0.25) is 0 Å². The van der Waals surface area contributed by atoms with Gasteiger partial charge in [0, 0.05) is 0 Å². The fourth-order valence-corrected chi connectivity index (χ4v) is 5.33. The molecular weight excluding hydrogens is 761 g/mol. The topological polar surface area (TPSA) is 0 Å². The molecule has 46 heavy (non-hydrogen) atoms. The van der Waals surface area contributed by atoms with E-state index in [-0.39, 0.29) is 33.3 Å². The van der Waals surface area contributed by atoms with Gasteiger partial charge in [-0.25, -0.2) is 0 Å². The van der Waals surface area contributed by atoms with Crippen LogP contribution in [-0.2, 0) is 38.2 Å². The second kappa shape index (κ2) is 15.7. The zero-order valence-electron chi connectivity index (χ0n) is 25.2. The van der Waals surface area contributed by atoms with Gasteiger partial charge in [-0.15, -0.1) is 57.9 Å². The van der Waals surface area contributed by atoms with Crippen LogP contribution in [0.15, 0.2) is 127 Å². The summed E-state index contributed by atoms with van der Waals surface area (Å²) in [4.78, 5) is 0. The van der Waals surface area contributed by atoms with Gasteiger partial charge in [0.05, 0.1) is 11.1 Å². The number of hydrogen-bond acceptors (Lipinski definition) is 0. The van der Waals surface area contributed by atoms with Crippen LogP contribution in [0.2, 0.25) is 0 Å².